The molecule has 3 aromatic carbocycles. The maximum Gasteiger partial charge on any atom is 0.225 e. The average molecular weight is 517 g/mol. The highest BCUT2D eigenvalue weighted by Gasteiger charge is 2.72. The predicted molar refractivity (Wildman–Crippen MR) is 130 cm³/mol. The molecule has 162 valence electrons. The van der Waals surface area contributed by atoms with Gasteiger partial charge in [0.05, 0.1) is 11.2 Å². The third-order valence-electron chi connectivity index (χ3n) is 5.53. The standard InChI is InChI=1S/C22H20Cl3O4P2/c23-15-6-10-17(11-7-15)30-19(26)20(27)31(25,18-12-8-16(24)9-13-18)21(28)22(30,29)14-4-2-1-3-5-14/h1-13,19-21,26-29H/q+1. The average Bonchev–Trinajstić information content (AvgIpc) is 2.79. The zero-order valence-corrected chi connectivity index (χ0v) is 20.1. The van der Waals surface area contributed by atoms with Gasteiger partial charge in [0.25, 0.3) is 0 Å². The van der Waals surface area contributed by atoms with Crippen molar-refractivity contribution in [2.24, 2.45) is 0 Å². The highest BCUT2D eigenvalue weighted by molar-refractivity contribution is 8.06. The Balaban J connectivity index is 1.95. The van der Waals surface area contributed by atoms with E-state index in [9.17, 15) is 20.4 Å². The van der Waals surface area contributed by atoms with Crippen molar-refractivity contribution in [1.82, 2.24) is 0 Å². The van der Waals surface area contributed by atoms with Crippen LogP contribution in [0.1, 0.15) is 5.56 Å². The van der Waals surface area contributed by atoms with Gasteiger partial charge in [-0.15, -0.1) is 0 Å². The minimum Gasteiger partial charge on any atom is -0.381 e. The van der Waals surface area contributed by atoms with Crippen LogP contribution in [0.4, 0.5) is 0 Å². The van der Waals surface area contributed by atoms with Crippen molar-refractivity contribution in [3.63, 3.8) is 0 Å². The van der Waals surface area contributed by atoms with Crippen molar-refractivity contribution >= 4 is 59.6 Å². The highest BCUT2D eigenvalue weighted by Crippen LogP contribution is 2.82. The Morgan fingerprint density at radius 3 is 1.84 bits per heavy atom. The first-order chi connectivity index (χ1) is 14.7. The molecule has 4 rings (SSSR count). The molecule has 9 heteroatoms. The van der Waals surface area contributed by atoms with E-state index in [1.54, 1.807) is 78.9 Å². The monoisotopic (exact) mass is 515 g/mol. The summed E-state index contributed by atoms with van der Waals surface area (Å²) in [5.74, 6) is -4.41. The molecule has 1 aliphatic heterocycles. The van der Waals surface area contributed by atoms with Gasteiger partial charge in [-0.2, -0.15) is 0 Å². The van der Waals surface area contributed by atoms with Gasteiger partial charge in [0.2, 0.25) is 18.3 Å². The molecule has 0 radical (unpaired) electrons. The molecule has 1 heterocycles. The summed E-state index contributed by atoms with van der Waals surface area (Å²) < 4.78 is 0. The van der Waals surface area contributed by atoms with Crippen molar-refractivity contribution in [3.05, 3.63) is 94.5 Å². The largest absolute Gasteiger partial charge is 0.381 e. The Hall–Kier alpha value is -0.770. The highest BCUT2D eigenvalue weighted by atomic mass is 35.7. The second-order valence-corrected chi connectivity index (χ2v) is 15.2. The summed E-state index contributed by atoms with van der Waals surface area (Å²) in [5, 5.41) is 46.4. The number of aliphatic hydroxyl groups is 4. The second-order valence-electron chi connectivity index (χ2n) is 7.30. The molecule has 31 heavy (non-hydrogen) atoms. The Morgan fingerprint density at radius 1 is 0.774 bits per heavy atom. The Bertz CT molecular complexity index is 1050. The molecule has 4 nitrogen and oxygen atoms in total. The lowest BCUT2D eigenvalue weighted by atomic mass is 10.1. The van der Waals surface area contributed by atoms with Gasteiger partial charge in [0.1, 0.15) is 11.1 Å². The van der Waals surface area contributed by atoms with Crippen molar-refractivity contribution in [1.29, 1.82) is 0 Å². The van der Waals surface area contributed by atoms with E-state index >= 15 is 0 Å². The first-order valence-electron chi connectivity index (χ1n) is 9.42. The van der Waals surface area contributed by atoms with E-state index in [0.717, 1.165) is 0 Å². The molecule has 1 fully saturated rings. The quantitative estimate of drug-likeness (QED) is 0.389. The summed E-state index contributed by atoms with van der Waals surface area (Å²) in [6.45, 7) is -3.41. The molecule has 3 aromatic rings. The molecular weight excluding hydrogens is 497 g/mol. The van der Waals surface area contributed by atoms with E-state index in [4.69, 9.17) is 34.4 Å². The van der Waals surface area contributed by atoms with Gasteiger partial charge >= 0.3 is 0 Å². The minimum atomic E-state index is -3.41. The van der Waals surface area contributed by atoms with Crippen LogP contribution in [-0.2, 0) is 5.34 Å². The summed E-state index contributed by atoms with van der Waals surface area (Å²) in [4.78, 5) is 0. The summed E-state index contributed by atoms with van der Waals surface area (Å²) in [6.07, 6.45) is 0. The lowest BCUT2D eigenvalue weighted by Gasteiger charge is -2.50. The van der Waals surface area contributed by atoms with Gasteiger partial charge in [0.15, 0.2) is 5.34 Å². The van der Waals surface area contributed by atoms with E-state index < -0.39 is 37.4 Å². The van der Waals surface area contributed by atoms with Crippen molar-refractivity contribution < 1.29 is 20.4 Å². The number of hydrogen-bond donors (Lipinski definition) is 4. The molecule has 0 aliphatic carbocycles. The number of hydrogen-bond acceptors (Lipinski definition) is 4. The molecule has 0 aromatic heterocycles. The molecule has 0 saturated carbocycles. The SMILES string of the molecule is OC1C(O)[P+](Cl)(c2ccc(Cl)cc2)C(O)C(O)(c2ccccc2)P1c1ccc(Cl)cc1. The van der Waals surface area contributed by atoms with E-state index in [1.807, 2.05) is 0 Å². The Kier molecular flexibility index (Phi) is 6.70. The number of rotatable bonds is 3. The first-order valence-corrected chi connectivity index (χ1v) is 14.4. The summed E-state index contributed by atoms with van der Waals surface area (Å²) in [7, 11) is -1.93. The Morgan fingerprint density at radius 2 is 1.29 bits per heavy atom. The third-order valence-corrected chi connectivity index (χ3v) is 14.3. The fraction of sp³-hybridized carbons (Fsp3) is 0.182. The third kappa shape index (κ3) is 3.83. The summed E-state index contributed by atoms with van der Waals surface area (Å²) in [6, 6.07) is 21.7. The van der Waals surface area contributed by atoms with Gasteiger partial charge in [-0.1, -0.05) is 65.7 Å². The lowest BCUT2D eigenvalue weighted by molar-refractivity contribution is 0.0118. The summed E-state index contributed by atoms with van der Waals surface area (Å²) in [5.41, 5.74) is 0.411. The van der Waals surface area contributed by atoms with Crippen LogP contribution >= 0.6 is 49.0 Å². The molecule has 6 unspecified atom stereocenters. The van der Waals surface area contributed by atoms with Gasteiger partial charge in [-0.3, -0.25) is 0 Å². The molecule has 0 amide bonds. The van der Waals surface area contributed by atoms with E-state index in [-0.39, 0.29) is 0 Å². The van der Waals surface area contributed by atoms with Crippen LogP contribution in [0.3, 0.4) is 0 Å². The van der Waals surface area contributed by atoms with Crippen LogP contribution < -0.4 is 10.6 Å². The lowest BCUT2D eigenvalue weighted by Crippen LogP contribution is -2.54. The second kappa shape index (κ2) is 8.88. The topological polar surface area (TPSA) is 80.9 Å². The fourth-order valence-corrected chi connectivity index (χ4v) is 12.7. The molecule has 4 N–H and O–H groups in total. The van der Waals surface area contributed by atoms with Crippen LogP contribution in [0.15, 0.2) is 78.9 Å². The van der Waals surface area contributed by atoms with Crippen molar-refractivity contribution in [2.45, 2.75) is 22.9 Å². The van der Waals surface area contributed by atoms with Gasteiger partial charge in [-0.25, -0.2) is 0 Å². The molecule has 1 aliphatic rings. The van der Waals surface area contributed by atoms with Crippen molar-refractivity contribution in [3.8, 4) is 0 Å². The first kappa shape index (κ1) is 23.4. The number of halogens is 3. The van der Waals surface area contributed by atoms with Gasteiger partial charge in [0, 0.05) is 18.0 Å². The molecule has 0 bridgehead atoms. The molecule has 6 atom stereocenters. The van der Waals surface area contributed by atoms with E-state index in [1.165, 1.54) is 0 Å². The van der Waals surface area contributed by atoms with Crippen LogP contribution in [0.5, 0.6) is 0 Å². The predicted octanol–water partition coefficient (Wildman–Crippen LogP) is 4.41. The van der Waals surface area contributed by atoms with Crippen LogP contribution in [-0.4, -0.2) is 38.0 Å². The van der Waals surface area contributed by atoms with E-state index in [0.29, 0.717) is 26.2 Å². The maximum atomic E-state index is 12.1. The van der Waals surface area contributed by atoms with Gasteiger partial charge in [-0.05, 0) is 47.3 Å². The van der Waals surface area contributed by atoms with Crippen LogP contribution in [0.2, 0.25) is 10.0 Å². The van der Waals surface area contributed by atoms with E-state index in [2.05, 4.69) is 0 Å². The Labute approximate surface area is 196 Å². The zero-order valence-electron chi connectivity index (χ0n) is 16.1. The number of aliphatic hydroxyl groups excluding tert-OH is 3. The number of benzene rings is 3. The summed E-state index contributed by atoms with van der Waals surface area (Å²) >= 11 is 19.0. The maximum absolute atomic E-state index is 12.1. The van der Waals surface area contributed by atoms with Crippen LogP contribution in [0.25, 0.3) is 0 Å². The van der Waals surface area contributed by atoms with Gasteiger partial charge < -0.3 is 20.4 Å². The minimum absolute atomic E-state index is 0.411. The molecule has 1 saturated heterocycles. The van der Waals surface area contributed by atoms with Crippen molar-refractivity contribution in [2.75, 3.05) is 0 Å². The zero-order chi connectivity index (χ0) is 22.4. The fourth-order valence-electron chi connectivity index (χ4n) is 3.95. The van der Waals surface area contributed by atoms with Crippen LogP contribution in [0, 0.1) is 0 Å². The molecular formula is C22H20Cl3O4P2+. The smallest absolute Gasteiger partial charge is 0.225 e. The normalized spacial score (nSPS) is 33.3. The molecule has 0 spiro atoms.